The zero-order valence-electron chi connectivity index (χ0n) is 23.2. The van der Waals surface area contributed by atoms with E-state index in [0.717, 1.165) is 74.4 Å². The first-order chi connectivity index (χ1) is 18.8. The molecular weight excluding hydrogens is 488 g/mol. The van der Waals surface area contributed by atoms with E-state index in [4.69, 9.17) is 9.72 Å². The van der Waals surface area contributed by atoms with E-state index >= 15 is 0 Å². The van der Waals surface area contributed by atoms with Crippen molar-refractivity contribution in [3.8, 4) is 16.9 Å². The van der Waals surface area contributed by atoms with Gasteiger partial charge in [-0.05, 0) is 77.9 Å². The highest BCUT2D eigenvalue weighted by molar-refractivity contribution is 5.99. The minimum atomic E-state index is 0.0247. The van der Waals surface area contributed by atoms with Crippen LogP contribution in [0.1, 0.15) is 30.2 Å². The lowest BCUT2D eigenvalue weighted by Gasteiger charge is -2.47. The molecule has 7 heteroatoms. The van der Waals surface area contributed by atoms with Gasteiger partial charge in [-0.1, -0.05) is 30.8 Å². The smallest absolute Gasteiger partial charge is 0.245 e. The van der Waals surface area contributed by atoms with E-state index in [-0.39, 0.29) is 17.1 Å². The number of pyridine rings is 1. The van der Waals surface area contributed by atoms with Crippen LogP contribution in [-0.2, 0) is 22.5 Å². The first-order valence-electron chi connectivity index (χ1n) is 14.0. The summed E-state index contributed by atoms with van der Waals surface area (Å²) in [5.74, 6) is 1.37. The second-order valence-electron chi connectivity index (χ2n) is 11.7. The van der Waals surface area contributed by atoms with Crippen molar-refractivity contribution in [1.82, 2.24) is 14.8 Å². The molecule has 0 aliphatic carbocycles. The summed E-state index contributed by atoms with van der Waals surface area (Å²) in [6.45, 7) is 14.0. The number of nitrogens with zero attached hydrogens (tertiary/aromatic N) is 4. The van der Waals surface area contributed by atoms with Crippen molar-refractivity contribution >= 4 is 22.5 Å². The van der Waals surface area contributed by atoms with Gasteiger partial charge in [0.2, 0.25) is 5.91 Å². The first kappa shape index (κ1) is 25.8. The van der Waals surface area contributed by atoms with E-state index in [1.807, 2.05) is 17.0 Å². The molecule has 2 saturated heterocycles. The number of carbonyl (C=O) groups is 1. The third kappa shape index (κ3) is 4.47. The van der Waals surface area contributed by atoms with Gasteiger partial charge in [0, 0.05) is 57.8 Å². The Morgan fingerprint density at radius 1 is 1.23 bits per heavy atom. The lowest BCUT2D eigenvalue weighted by Crippen LogP contribution is -2.59. The third-order valence-electron chi connectivity index (χ3n) is 9.04. The monoisotopic (exact) mass is 526 g/mol. The summed E-state index contributed by atoms with van der Waals surface area (Å²) in [5, 5.41) is 12.3. The standard InChI is InChI=1S/C32H38N4O3/c1-5-29(38)36-19-32(20-36)12-14-35(18-32)31-22(3)30(26-8-6-7-23-15-24(37)9-10-25(23)26)27-11-13-34(16-28(27)33-31)21(2)17-39-4/h5-10,15,21,37H,1,11-14,16-20H2,2-4H3/t21-/m0/s1. The Hall–Kier alpha value is -3.42. The van der Waals surface area contributed by atoms with E-state index in [2.05, 4.69) is 48.4 Å². The molecule has 0 unspecified atom stereocenters. The van der Waals surface area contributed by atoms with Crippen molar-refractivity contribution < 1.29 is 14.6 Å². The number of likely N-dealkylation sites (tertiary alicyclic amines) is 1. The zero-order chi connectivity index (χ0) is 27.3. The van der Waals surface area contributed by atoms with Crippen LogP contribution in [-0.4, -0.2) is 78.3 Å². The normalized spacial score (nSPS) is 19.3. The molecule has 6 rings (SSSR count). The van der Waals surface area contributed by atoms with E-state index in [9.17, 15) is 9.90 Å². The predicted octanol–water partition coefficient (Wildman–Crippen LogP) is 4.53. The molecule has 3 aliphatic heterocycles. The van der Waals surface area contributed by atoms with E-state index in [1.54, 1.807) is 13.2 Å². The quantitative estimate of drug-likeness (QED) is 0.476. The second-order valence-corrected chi connectivity index (χ2v) is 11.7. The molecule has 1 aromatic heterocycles. The van der Waals surface area contributed by atoms with Crippen LogP contribution >= 0.6 is 0 Å². The average molecular weight is 527 g/mol. The fourth-order valence-corrected chi connectivity index (χ4v) is 7.00. The number of aromatic hydroxyl groups is 1. The lowest BCUT2D eigenvalue weighted by molar-refractivity contribution is -0.136. The van der Waals surface area contributed by atoms with Gasteiger partial charge in [-0.25, -0.2) is 4.98 Å². The van der Waals surface area contributed by atoms with Crippen molar-refractivity contribution in [2.24, 2.45) is 5.41 Å². The number of amides is 1. The number of ether oxygens (including phenoxy) is 1. The molecular formula is C32H38N4O3. The molecule has 0 saturated carbocycles. The average Bonchev–Trinajstić information content (AvgIpc) is 3.37. The van der Waals surface area contributed by atoms with Crippen molar-refractivity contribution in [3.63, 3.8) is 0 Å². The predicted molar refractivity (Wildman–Crippen MR) is 155 cm³/mol. The highest BCUT2D eigenvalue weighted by atomic mass is 16.5. The fraction of sp³-hybridized carbons (Fsp3) is 0.438. The minimum absolute atomic E-state index is 0.0247. The Balaban J connectivity index is 1.43. The molecule has 204 valence electrons. The maximum absolute atomic E-state index is 12.1. The number of rotatable bonds is 6. The van der Waals surface area contributed by atoms with E-state index < -0.39 is 0 Å². The van der Waals surface area contributed by atoms with Crippen LogP contribution in [0.4, 0.5) is 5.82 Å². The van der Waals surface area contributed by atoms with Gasteiger partial charge in [0.1, 0.15) is 11.6 Å². The number of aromatic nitrogens is 1. The summed E-state index contributed by atoms with van der Waals surface area (Å²) in [6, 6.07) is 12.3. The Kier molecular flexibility index (Phi) is 6.60. The van der Waals surface area contributed by atoms with Crippen molar-refractivity contribution in [2.45, 2.75) is 39.3 Å². The second kappa shape index (κ2) is 9.96. The Bertz CT molecular complexity index is 1450. The van der Waals surface area contributed by atoms with Crippen LogP contribution in [0.5, 0.6) is 5.75 Å². The number of carbonyl (C=O) groups excluding carboxylic acids is 1. The summed E-state index contributed by atoms with van der Waals surface area (Å²) >= 11 is 0. The number of fused-ring (bicyclic) bond motifs is 2. The molecule has 2 fully saturated rings. The number of hydrogen-bond donors (Lipinski definition) is 1. The molecule has 1 amide bonds. The molecule has 3 aliphatic rings. The van der Waals surface area contributed by atoms with Crippen LogP contribution in [0.2, 0.25) is 0 Å². The molecule has 0 radical (unpaired) electrons. The number of phenolic OH excluding ortho intramolecular Hbond substituents is 1. The summed E-state index contributed by atoms with van der Waals surface area (Å²) in [7, 11) is 1.76. The maximum Gasteiger partial charge on any atom is 0.245 e. The summed E-state index contributed by atoms with van der Waals surface area (Å²) < 4.78 is 5.47. The van der Waals surface area contributed by atoms with Gasteiger partial charge in [0.25, 0.3) is 0 Å². The molecule has 2 aromatic carbocycles. The van der Waals surface area contributed by atoms with Crippen LogP contribution < -0.4 is 4.90 Å². The summed E-state index contributed by atoms with van der Waals surface area (Å²) in [6.07, 6.45) is 3.41. The summed E-state index contributed by atoms with van der Waals surface area (Å²) in [5.41, 5.74) is 6.31. The third-order valence-corrected chi connectivity index (χ3v) is 9.04. The molecule has 0 bridgehead atoms. The molecule has 1 N–H and O–H groups in total. The van der Waals surface area contributed by atoms with Gasteiger partial charge in [-0.2, -0.15) is 0 Å². The van der Waals surface area contributed by atoms with Gasteiger partial charge >= 0.3 is 0 Å². The fourth-order valence-electron chi connectivity index (χ4n) is 7.00. The highest BCUT2D eigenvalue weighted by Gasteiger charge is 2.49. The van der Waals surface area contributed by atoms with Crippen LogP contribution in [0.3, 0.4) is 0 Å². The molecule has 3 aromatic rings. The van der Waals surface area contributed by atoms with Gasteiger partial charge in [0.05, 0.1) is 12.3 Å². The molecule has 39 heavy (non-hydrogen) atoms. The maximum atomic E-state index is 12.1. The largest absolute Gasteiger partial charge is 0.508 e. The number of anilines is 1. The number of phenols is 1. The lowest BCUT2D eigenvalue weighted by atomic mass is 9.79. The van der Waals surface area contributed by atoms with Crippen LogP contribution in [0.25, 0.3) is 21.9 Å². The number of hydrogen-bond acceptors (Lipinski definition) is 6. The highest BCUT2D eigenvalue weighted by Crippen LogP contribution is 2.45. The topological polar surface area (TPSA) is 69.1 Å². The Morgan fingerprint density at radius 2 is 2.05 bits per heavy atom. The van der Waals surface area contributed by atoms with Crippen molar-refractivity contribution in [1.29, 1.82) is 0 Å². The van der Waals surface area contributed by atoms with Gasteiger partial charge in [0.15, 0.2) is 0 Å². The van der Waals surface area contributed by atoms with Gasteiger partial charge in [-0.3, -0.25) is 9.69 Å². The van der Waals surface area contributed by atoms with Crippen molar-refractivity contribution in [3.05, 3.63) is 65.9 Å². The molecule has 1 spiro atoms. The van der Waals surface area contributed by atoms with Crippen LogP contribution in [0.15, 0.2) is 49.1 Å². The Morgan fingerprint density at radius 3 is 2.82 bits per heavy atom. The molecule has 7 nitrogen and oxygen atoms in total. The van der Waals surface area contributed by atoms with Crippen LogP contribution in [0, 0.1) is 12.3 Å². The SMILES string of the molecule is C=CC(=O)N1CC2(CCN(c3nc4c(c(-c5cccc6cc(O)ccc56)c3C)CCN([C@@H](C)COC)C4)C2)C1. The number of methoxy groups -OCH3 is 1. The summed E-state index contributed by atoms with van der Waals surface area (Å²) in [4.78, 5) is 24.3. The van der Waals surface area contributed by atoms with E-state index in [1.165, 1.54) is 28.3 Å². The van der Waals surface area contributed by atoms with Gasteiger partial charge < -0.3 is 19.6 Å². The molecule has 4 heterocycles. The Labute approximate surface area is 230 Å². The van der Waals surface area contributed by atoms with E-state index in [0.29, 0.717) is 12.6 Å². The minimum Gasteiger partial charge on any atom is -0.508 e. The van der Waals surface area contributed by atoms with Crippen molar-refractivity contribution in [2.75, 3.05) is 51.3 Å². The first-order valence-corrected chi connectivity index (χ1v) is 14.0. The number of benzene rings is 2. The zero-order valence-corrected chi connectivity index (χ0v) is 23.2. The molecule has 1 atom stereocenters. The van der Waals surface area contributed by atoms with Gasteiger partial charge in [-0.15, -0.1) is 0 Å².